The van der Waals surface area contributed by atoms with Crippen molar-refractivity contribution >= 4 is 38.2 Å². The van der Waals surface area contributed by atoms with Gasteiger partial charge >= 0.3 is 0 Å². The molecule has 0 fully saturated rings. The zero-order chi connectivity index (χ0) is 12.3. The number of carbonyl (C=O) groups is 1. The Morgan fingerprint density at radius 2 is 2.24 bits per heavy atom. The standard InChI is InChI=1S/C11H10BrN3OS/c12-9-3-4-10(17-9)15-11(16)8-2-1-7(5-13)6-14-8/h1-4,6H,5,13H2,(H,15,16). The molecule has 0 spiro atoms. The van der Waals surface area contributed by atoms with Crippen LogP contribution in [0.5, 0.6) is 0 Å². The molecule has 1 amide bonds. The Morgan fingerprint density at radius 1 is 1.41 bits per heavy atom. The van der Waals surface area contributed by atoms with Crippen LogP contribution in [0, 0.1) is 0 Å². The van der Waals surface area contributed by atoms with Crippen LogP contribution in [-0.2, 0) is 6.54 Å². The van der Waals surface area contributed by atoms with E-state index in [9.17, 15) is 4.79 Å². The second-order valence-corrected chi connectivity index (χ2v) is 5.78. The molecule has 0 atom stereocenters. The number of pyridine rings is 1. The van der Waals surface area contributed by atoms with Gasteiger partial charge in [0.1, 0.15) is 5.69 Å². The molecule has 2 aromatic rings. The van der Waals surface area contributed by atoms with Crippen LogP contribution in [0.1, 0.15) is 16.1 Å². The highest BCUT2D eigenvalue weighted by Crippen LogP contribution is 2.26. The molecule has 0 saturated heterocycles. The Bertz CT molecular complexity index is 524. The molecule has 0 bridgehead atoms. The molecule has 3 N–H and O–H groups in total. The third kappa shape index (κ3) is 3.12. The van der Waals surface area contributed by atoms with Gasteiger partial charge < -0.3 is 11.1 Å². The minimum Gasteiger partial charge on any atom is -0.326 e. The highest BCUT2D eigenvalue weighted by Gasteiger charge is 2.08. The molecule has 0 unspecified atom stereocenters. The van der Waals surface area contributed by atoms with Gasteiger partial charge in [0, 0.05) is 12.7 Å². The van der Waals surface area contributed by atoms with Crippen molar-refractivity contribution in [3.05, 3.63) is 45.5 Å². The molecular formula is C11H10BrN3OS. The number of carbonyl (C=O) groups excluding carboxylic acids is 1. The molecule has 2 rings (SSSR count). The van der Waals surface area contributed by atoms with Crippen LogP contribution in [-0.4, -0.2) is 10.9 Å². The van der Waals surface area contributed by atoms with Gasteiger partial charge in [0.05, 0.1) is 8.79 Å². The molecule has 2 heterocycles. The van der Waals surface area contributed by atoms with Crippen molar-refractivity contribution < 1.29 is 4.79 Å². The number of rotatable bonds is 3. The van der Waals surface area contributed by atoms with Crippen molar-refractivity contribution in [3.8, 4) is 0 Å². The number of hydrogen-bond donors (Lipinski definition) is 2. The van der Waals surface area contributed by atoms with Gasteiger partial charge in [-0.2, -0.15) is 0 Å². The largest absolute Gasteiger partial charge is 0.326 e. The van der Waals surface area contributed by atoms with E-state index in [0.717, 1.165) is 14.4 Å². The average Bonchev–Trinajstić information content (AvgIpc) is 2.75. The summed E-state index contributed by atoms with van der Waals surface area (Å²) in [5, 5.41) is 3.56. The first-order valence-electron chi connectivity index (χ1n) is 4.91. The predicted molar refractivity (Wildman–Crippen MR) is 72.1 cm³/mol. The maximum atomic E-state index is 11.8. The fourth-order valence-corrected chi connectivity index (χ4v) is 2.52. The number of amides is 1. The summed E-state index contributed by atoms with van der Waals surface area (Å²) in [5.74, 6) is -0.220. The van der Waals surface area contributed by atoms with E-state index in [4.69, 9.17) is 5.73 Å². The molecule has 6 heteroatoms. The minimum absolute atomic E-state index is 0.220. The first-order chi connectivity index (χ1) is 8.19. The Morgan fingerprint density at radius 3 is 2.76 bits per heavy atom. The van der Waals surface area contributed by atoms with Crippen molar-refractivity contribution in [2.75, 3.05) is 5.32 Å². The van der Waals surface area contributed by atoms with Gasteiger partial charge in [-0.25, -0.2) is 0 Å². The highest BCUT2D eigenvalue weighted by atomic mass is 79.9. The molecular weight excluding hydrogens is 302 g/mol. The van der Waals surface area contributed by atoms with Crippen LogP contribution in [0.2, 0.25) is 0 Å². The van der Waals surface area contributed by atoms with E-state index in [-0.39, 0.29) is 5.91 Å². The summed E-state index contributed by atoms with van der Waals surface area (Å²) >= 11 is 4.79. The van der Waals surface area contributed by atoms with Crippen LogP contribution >= 0.6 is 27.3 Å². The van der Waals surface area contributed by atoms with Crippen LogP contribution in [0.15, 0.2) is 34.2 Å². The topological polar surface area (TPSA) is 68.0 Å². The van der Waals surface area contributed by atoms with E-state index in [1.54, 1.807) is 18.3 Å². The summed E-state index contributed by atoms with van der Waals surface area (Å²) in [5.41, 5.74) is 6.74. The van der Waals surface area contributed by atoms with Crippen LogP contribution in [0.4, 0.5) is 5.00 Å². The van der Waals surface area contributed by atoms with Crippen molar-refractivity contribution in [3.63, 3.8) is 0 Å². The number of thiophene rings is 1. The fraction of sp³-hybridized carbons (Fsp3) is 0.0909. The van der Waals surface area contributed by atoms with Crippen molar-refractivity contribution in [1.82, 2.24) is 4.98 Å². The quantitative estimate of drug-likeness (QED) is 0.915. The Hall–Kier alpha value is -1.24. The molecule has 0 aliphatic heterocycles. The summed E-state index contributed by atoms with van der Waals surface area (Å²) in [7, 11) is 0. The zero-order valence-electron chi connectivity index (χ0n) is 8.81. The van der Waals surface area contributed by atoms with Crippen LogP contribution < -0.4 is 11.1 Å². The molecule has 0 saturated carbocycles. The number of aromatic nitrogens is 1. The molecule has 0 radical (unpaired) electrons. The maximum Gasteiger partial charge on any atom is 0.274 e. The predicted octanol–water partition coefficient (Wildman–Crippen LogP) is 2.62. The van der Waals surface area contributed by atoms with Crippen molar-refractivity contribution in [2.45, 2.75) is 6.54 Å². The second-order valence-electron chi connectivity index (χ2n) is 3.31. The molecule has 4 nitrogen and oxygen atoms in total. The lowest BCUT2D eigenvalue weighted by molar-refractivity contribution is 0.102. The van der Waals surface area contributed by atoms with Gasteiger partial charge in [-0.3, -0.25) is 9.78 Å². The number of anilines is 1. The highest BCUT2D eigenvalue weighted by molar-refractivity contribution is 9.11. The summed E-state index contributed by atoms with van der Waals surface area (Å²) in [6.45, 7) is 0.423. The number of hydrogen-bond acceptors (Lipinski definition) is 4. The van der Waals surface area contributed by atoms with Crippen molar-refractivity contribution in [1.29, 1.82) is 0 Å². The molecule has 0 aromatic carbocycles. The van der Waals surface area contributed by atoms with Crippen LogP contribution in [0.3, 0.4) is 0 Å². The third-order valence-electron chi connectivity index (χ3n) is 2.10. The van der Waals surface area contributed by atoms with Gasteiger partial charge in [-0.1, -0.05) is 6.07 Å². The van der Waals surface area contributed by atoms with E-state index in [0.29, 0.717) is 12.2 Å². The van der Waals surface area contributed by atoms with E-state index in [2.05, 4.69) is 26.2 Å². The fourth-order valence-electron chi connectivity index (χ4n) is 1.24. The first kappa shape index (κ1) is 12.2. The smallest absolute Gasteiger partial charge is 0.274 e. The second kappa shape index (κ2) is 5.39. The number of nitrogens with one attached hydrogen (secondary N) is 1. The Kier molecular flexibility index (Phi) is 3.88. The van der Waals surface area contributed by atoms with Crippen LogP contribution in [0.25, 0.3) is 0 Å². The van der Waals surface area contributed by atoms with E-state index >= 15 is 0 Å². The summed E-state index contributed by atoms with van der Waals surface area (Å²) < 4.78 is 0.972. The summed E-state index contributed by atoms with van der Waals surface area (Å²) in [4.78, 5) is 15.9. The molecule has 0 aliphatic carbocycles. The normalized spacial score (nSPS) is 10.2. The number of nitrogens with zero attached hydrogens (tertiary/aromatic N) is 1. The van der Waals surface area contributed by atoms with Crippen molar-refractivity contribution in [2.24, 2.45) is 5.73 Å². The monoisotopic (exact) mass is 311 g/mol. The SMILES string of the molecule is NCc1ccc(C(=O)Nc2ccc(Br)s2)nc1. The average molecular weight is 312 g/mol. The van der Waals surface area contributed by atoms with Gasteiger partial charge in [-0.15, -0.1) is 11.3 Å². The van der Waals surface area contributed by atoms with Gasteiger partial charge in [-0.05, 0) is 39.7 Å². The maximum absolute atomic E-state index is 11.8. The number of halogens is 1. The lowest BCUT2D eigenvalue weighted by atomic mass is 10.2. The van der Waals surface area contributed by atoms with E-state index in [1.165, 1.54) is 11.3 Å². The summed E-state index contributed by atoms with van der Waals surface area (Å²) in [6, 6.07) is 7.18. The number of nitrogens with two attached hydrogens (primary N) is 1. The molecule has 88 valence electrons. The molecule has 0 aliphatic rings. The van der Waals surface area contributed by atoms with E-state index < -0.39 is 0 Å². The summed E-state index contributed by atoms with van der Waals surface area (Å²) in [6.07, 6.45) is 1.61. The zero-order valence-corrected chi connectivity index (χ0v) is 11.2. The van der Waals surface area contributed by atoms with Gasteiger partial charge in [0.2, 0.25) is 0 Å². The first-order valence-corrected chi connectivity index (χ1v) is 6.51. The lowest BCUT2D eigenvalue weighted by Gasteiger charge is -2.02. The molecule has 17 heavy (non-hydrogen) atoms. The third-order valence-corrected chi connectivity index (χ3v) is 3.64. The van der Waals surface area contributed by atoms with Gasteiger partial charge in [0.25, 0.3) is 5.91 Å². The van der Waals surface area contributed by atoms with E-state index in [1.807, 2.05) is 12.1 Å². The Labute approximate surface area is 111 Å². The minimum atomic E-state index is -0.220. The molecule has 2 aromatic heterocycles. The Balaban J connectivity index is 2.09. The van der Waals surface area contributed by atoms with Gasteiger partial charge in [0.15, 0.2) is 0 Å². The lowest BCUT2D eigenvalue weighted by Crippen LogP contribution is -2.13.